The minimum atomic E-state index is -0.496. The molecule has 7 heteroatoms. The van der Waals surface area contributed by atoms with E-state index in [1.54, 1.807) is 0 Å². The Balaban J connectivity index is 2.38. The van der Waals surface area contributed by atoms with Crippen molar-refractivity contribution in [1.29, 1.82) is 5.26 Å². The number of aromatic nitrogens is 2. The van der Waals surface area contributed by atoms with Gasteiger partial charge in [-0.15, -0.1) is 0 Å². The summed E-state index contributed by atoms with van der Waals surface area (Å²) in [4.78, 5) is 17.3. The van der Waals surface area contributed by atoms with Crippen LogP contribution in [0, 0.1) is 11.3 Å². The molecule has 0 saturated heterocycles. The Labute approximate surface area is 107 Å². The minimum Gasteiger partial charge on any atom is -0.435 e. The fourth-order valence-electron chi connectivity index (χ4n) is 1.23. The Kier molecular flexibility index (Phi) is 3.17. The van der Waals surface area contributed by atoms with Crippen LogP contribution in [0.25, 0.3) is 0 Å². The van der Waals surface area contributed by atoms with Crippen molar-refractivity contribution < 1.29 is 4.74 Å². The van der Waals surface area contributed by atoms with E-state index in [4.69, 9.17) is 27.3 Å². The van der Waals surface area contributed by atoms with E-state index in [9.17, 15) is 4.79 Å². The zero-order chi connectivity index (χ0) is 13.1. The van der Waals surface area contributed by atoms with Gasteiger partial charge in [0.25, 0.3) is 5.56 Å². The maximum Gasteiger partial charge on any atom is 0.277 e. The van der Waals surface area contributed by atoms with Gasteiger partial charge in [0, 0.05) is 0 Å². The summed E-state index contributed by atoms with van der Waals surface area (Å²) in [6, 6.07) is 6.42. The van der Waals surface area contributed by atoms with E-state index < -0.39 is 5.56 Å². The van der Waals surface area contributed by atoms with Crippen LogP contribution in [0.1, 0.15) is 5.56 Å². The molecule has 0 unspecified atom stereocenters. The molecule has 0 bridgehead atoms. The molecule has 2 rings (SSSR count). The number of nitrogens with two attached hydrogens (primary N) is 1. The minimum absolute atomic E-state index is 0.0367. The average Bonchev–Trinajstić information content (AvgIpc) is 2.37. The van der Waals surface area contributed by atoms with Gasteiger partial charge in [-0.3, -0.25) is 4.79 Å². The first-order valence-electron chi connectivity index (χ1n) is 4.82. The van der Waals surface area contributed by atoms with Crippen LogP contribution < -0.4 is 16.0 Å². The number of hydrogen-bond donors (Lipinski definition) is 2. The Hall–Kier alpha value is -2.52. The van der Waals surface area contributed by atoms with Crippen molar-refractivity contribution in [3.63, 3.8) is 0 Å². The van der Waals surface area contributed by atoms with Crippen molar-refractivity contribution in [2.45, 2.75) is 0 Å². The number of ether oxygens (including phenoxy) is 1. The highest BCUT2D eigenvalue weighted by Crippen LogP contribution is 2.30. The quantitative estimate of drug-likeness (QED) is 0.856. The lowest BCUT2D eigenvalue weighted by Gasteiger charge is -2.07. The second kappa shape index (κ2) is 4.77. The van der Waals surface area contributed by atoms with Crippen LogP contribution >= 0.6 is 11.6 Å². The third-order valence-electron chi connectivity index (χ3n) is 2.12. The number of halogens is 1. The predicted molar refractivity (Wildman–Crippen MR) is 65.5 cm³/mol. The number of nitriles is 1. The maximum atomic E-state index is 11.2. The van der Waals surface area contributed by atoms with Gasteiger partial charge in [-0.1, -0.05) is 11.6 Å². The van der Waals surface area contributed by atoms with Gasteiger partial charge in [0.05, 0.1) is 23.0 Å². The number of nitrogens with one attached hydrogen (secondary N) is 1. The lowest BCUT2D eigenvalue weighted by atomic mass is 10.2. The summed E-state index contributed by atoms with van der Waals surface area (Å²) in [5.41, 5.74) is 5.28. The molecule has 1 heterocycles. The van der Waals surface area contributed by atoms with Gasteiger partial charge in [-0.05, 0) is 18.2 Å². The van der Waals surface area contributed by atoms with E-state index in [0.717, 1.165) is 0 Å². The van der Waals surface area contributed by atoms with Crippen molar-refractivity contribution in [2.24, 2.45) is 0 Å². The molecule has 0 aliphatic carbocycles. The molecular formula is C11H7ClN4O2. The van der Waals surface area contributed by atoms with E-state index >= 15 is 0 Å². The molecule has 0 aliphatic heterocycles. The number of rotatable bonds is 2. The number of nitrogens with zero attached hydrogens (tertiary/aromatic N) is 2. The molecule has 0 atom stereocenters. The Bertz CT molecular complexity index is 690. The van der Waals surface area contributed by atoms with Gasteiger partial charge in [0.15, 0.2) is 5.69 Å². The molecule has 0 fully saturated rings. The average molecular weight is 263 g/mol. The lowest BCUT2D eigenvalue weighted by Crippen LogP contribution is -2.13. The summed E-state index contributed by atoms with van der Waals surface area (Å²) in [6.07, 6.45) is 1.17. The molecule has 90 valence electrons. The SMILES string of the molecule is N#Cc1ccc(Oc2nc[nH]c(=O)c2N)c(Cl)c1. The second-order valence-electron chi connectivity index (χ2n) is 3.31. The van der Waals surface area contributed by atoms with E-state index in [1.807, 2.05) is 6.07 Å². The van der Waals surface area contributed by atoms with Gasteiger partial charge in [-0.25, -0.2) is 4.98 Å². The molecule has 0 radical (unpaired) electrons. The first kappa shape index (κ1) is 12.0. The first-order chi connectivity index (χ1) is 8.61. The van der Waals surface area contributed by atoms with Crippen LogP contribution in [-0.2, 0) is 0 Å². The standard InChI is InChI=1S/C11H7ClN4O2/c12-7-3-6(4-13)1-2-8(7)18-11-9(14)10(17)15-5-16-11/h1-3,5H,14H2,(H,15,16,17). The van der Waals surface area contributed by atoms with Crippen molar-refractivity contribution in [3.05, 3.63) is 45.5 Å². The molecule has 0 amide bonds. The van der Waals surface area contributed by atoms with Gasteiger partial charge in [-0.2, -0.15) is 5.26 Å². The van der Waals surface area contributed by atoms with E-state index in [2.05, 4.69) is 9.97 Å². The number of nitrogen functional groups attached to an aromatic ring is 1. The number of benzene rings is 1. The van der Waals surface area contributed by atoms with E-state index in [-0.39, 0.29) is 22.3 Å². The zero-order valence-corrected chi connectivity index (χ0v) is 9.73. The molecule has 6 nitrogen and oxygen atoms in total. The Morgan fingerprint density at radius 3 is 2.94 bits per heavy atom. The topological polar surface area (TPSA) is 105 Å². The normalized spacial score (nSPS) is 9.78. The molecule has 3 N–H and O–H groups in total. The molecule has 1 aromatic carbocycles. The fraction of sp³-hybridized carbons (Fsp3) is 0. The second-order valence-corrected chi connectivity index (χ2v) is 3.72. The highest BCUT2D eigenvalue weighted by Gasteiger charge is 2.10. The van der Waals surface area contributed by atoms with Gasteiger partial charge >= 0.3 is 0 Å². The highest BCUT2D eigenvalue weighted by molar-refractivity contribution is 6.32. The summed E-state index contributed by atoms with van der Waals surface area (Å²) >= 11 is 5.92. The Morgan fingerprint density at radius 2 is 2.28 bits per heavy atom. The predicted octanol–water partition coefficient (Wildman–Crippen LogP) is 1.67. The van der Waals surface area contributed by atoms with E-state index in [0.29, 0.717) is 5.56 Å². The summed E-state index contributed by atoms with van der Waals surface area (Å²) in [6.45, 7) is 0. The number of H-pyrrole nitrogens is 1. The Morgan fingerprint density at radius 1 is 1.50 bits per heavy atom. The summed E-state index contributed by atoms with van der Waals surface area (Å²) in [5.74, 6) is 0.228. The van der Waals surface area contributed by atoms with Crippen LogP contribution in [0.15, 0.2) is 29.3 Å². The maximum absolute atomic E-state index is 11.2. The molecule has 0 aliphatic rings. The third kappa shape index (κ3) is 2.26. The number of aromatic amines is 1. The largest absolute Gasteiger partial charge is 0.435 e. The first-order valence-corrected chi connectivity index (χ1v) is 5.20. The van der Waals surface area contributed by atoms with Crippen molar-refractivity contribution in [2.75, 3.05) is 5.73 Å². The molecule has 0 spiro atoms. The summed E-state index contributed by atoms with van der Waals surface area (Å²) in [5, 5.41) is 8.93. The lowest BCUT2D eigenvalue weighted by molar-refractivity contribution is 0.463. The van der Waals surface area contributed by atoms with Crippen molar-refractivity contribution in [3.8, 4) is 17.7 Å². The van der Waals surface area contributed by atoms with Gasteiger partial charge < -0.3 is 15.5 Å². The smallest absolute Gasteiger partial charge is 0.277 e. The highest BCUT2D eigenvalue weighted by atomic mass is 35.5. The van der Waals surface area contributed by atoms with Crippen LogP contribution in [0.2, 0.25) is 5.02 Å². The molecule has 1 aromatic heterocycles. The number of anilines is 1. The van der Waals surface area contributed by atoms with Crippen LogP contribution in [-0.4, -0.2) is 9.97 Å². The van der Waals surface area contributed by atoms with Gasteiger partial charge in [0.1, 0.15) is 5.75 Å². The zero-order valence-electron chi connectivity index (χ0n) is 8.98. The van der Waals surface area contributed by atoms with Crippen LogP contribution in [0.4, 0.5) is 5.69 Å². The van der Waals surface area contributed by atoms with Crippen molar-refractivity contribution >= 4 is 17.3 Å². The number of hydrogen-bond acceptors (Lipinski definition) is 5. The molecule has 0 saturated carbocycles. The monoisotopic (exact) mass is 262 g/mol. The van der Waals surface area contributed by atoms with E-state index in [1.165, 1.54) is 24.5 Å². The van der Waals surface area contributed by atoms with Crippen molar-refractivity contribution in [1.82, 2.24) is 9.97 Å². The molecule has 2 aromatic rings. The molecule has 18 heavy (non-hydrogen) atoms. The molecular weight excluding hydrogens is 256 g/mol. The summed E-state index contributed by atoms with van der Waals surface area (Å²) < 4.78 is 5.32. The fourth-order valence-corrected chi connectivity index (χ4v) is 1.45. The van der Waals surface area contributed by atoms with Crippen LogP contribution in [0.3, 0.4) is 0 Å². The summed E-state index contributed by atoms with van der Waals surface area (Å²) in [7, 11) is 0. The van der Waals surface area contributed by atoms with Crippen LogP contribution in [0.5, 0.6) is 11.6 Å². The third-order valence-corrected chi connectivity index (χ3v) is 2.42. The van der Waals surface area contributed by atoms with Gasteiger partial charge in [0.2, 0.25) is 5.88 Å².